The number of amides is 2. The summed E-state index contributed by atoms with van der Waals surface area (Å²) in [6.45, 7) is 0.510. The van der Waals surface area contributed by atoms with E-state index in [0.717, 1.165) is 12.8 Å². The van der Waals surface area contributed by atoms with Crippen LogP contribution in [0, 0.1) is 0 Å². The van der Waals surface area contributed by atoms with Crippen molar-refractivity contribution in [2.75, 3.05) is 19.6 Å². The van der Waals surface area contributed by atoms with Gasteiger partial charge in [0.15, 0.2) is 0 Å². The molecular formula is C14H19N3O2. The maximum Gasteiger partial charge on any atom is 0.239 e. The van der Waals surface area contributed by atoms with Crippen molar-refractivity contribution in [2.24, 2.45) is 5.73 Å². The predicted octanol–water partition coefficient (Wildman–Crippen LogP) is -0.0907. The second kappa shape index (κ2) is 5.84. The Morgan fingerprint density at radius 3 is 2.37 bits per heavy atom. The Kier molecular flexibility index (Phi) is 4.16. The molecule has 102 valence electrons. The van der Waals surface area contributed by atoms with E-state index >= 15 is 0 Å². The van der Waals surface area contributed by atoms with Gasteiger partial charge >= 0.3 is 0 Å². The summed E-state index contributed by atoms with van der Waals surface area (Å²) in [5.41, 5.74) is 6.50. The van der Waals surface area contributed by atoms with Gasteiger partial charge < -0.3 is 16.4 Å². The lowest BCUT2D eigenvalue weighted by molar-refractivity contribution is -0.125. The van der Waals surface area contributed by atoms with Crippen LogP contribution in [0.1, 0.15) is 18.4 Å². The van der Waals surface area contributed by atoms with Gasteiger partial charge in [0.1, 0.15) is 0 Å². The molecule has 5 heteroatoms. The van der Waals surface area contributed by atoms with Crippen LogP contribution >= 0.6 is 0 Å². The molecule has 0 atom stereocenters. The van der Waals surface area contributed by atoms with Crippen molar-refractivity contribution in [1.29, 1.82) is 0 Å². The van der Waals surface area contributed by atoms with E-state index in [1.165, 1.54) is 5.56 Å². The van der Waals surface area contributed by atoms with E-state index in [0.29, 0.717) is 6.54 Å². The van der Waals surface area contributed by atoms with Gasteiger partial charge in [-0.25, -0.2) is 0 Å². The summed E-state index contributed by atoms with van der Waals surface area (Å²) in [7, 11) is 0. The first kappa shape index (κ1) is 13.5. The maximum atomic E-state index is 11.6. The second-order valence-electron chi connectivity index (χ2n) is 4.90. The Morgan fingerprint density at radius 1 is 1.11 bits per heavy atom. The largest absolute Gasteiger partial charge is 0.354 e. The normalized spacial score (nSPS) is 15.6. The topological polar surface area (TPSA) is 84.2 Å². The Bertz CT molecular complexity index is 455. The average Bonchev–Trinajstić information content (AvgIpc) is 3.24. The SMILES string of the molecule is NCC(=O)NCC(=O)NCC1(c2ccccc2)CC1. The third-order valence-electron chi connectivity index (χ3n) is 3.50. The molecule has 0 heterocycles. The van der Waals surface area contributed by atoms with Crippen LogP contribution in [0.15, 0.2) is 30.3 Å². The quantitative estimate of drug-likeness (QED) is 0.669. The van der Waals surface area contributed by atoms with E-state index < -0.39 is 0 Å². The molecule has 19 heavy (non-hydrogen) atoms. The second-order valence-corrected chi connectivity index (χ2v) is 4.90. The van der Waals surface area contributed by atoms with Gasteiger partial charge in [0, 0.05) is 12.0 Å². The van der Waals surface area contributed by atoms with Gasteiger partial charge in [0.05, 0.1) is 13.1 Å². The van der Waals surface area contributed by atoms with Crippen molar-refractivity contribution in [3.63, 3.8) is 0 Å². The minimum atomic E-state index is -0.320. The lowest BCUT2D eigenvalue weighted by atomic mass is 9.96. The summed E-state index contributed by atoms with van der Waals surface area (Å²) in [4.78, 5) is 22.5. The predicted molar refractivity (Wildman–Crippen MR) is 72.4 cm³/mol. The summed E-state index contributed by atoms with van der Waals surface area (Å²) in [6.07, 6.45) is 2.18. The molecule has 1 aliphatic carbocycles. The van der Waals surface area contributed by atoms with Crippen LogP contribution in [0.3, 0.4) is 0 Å². The molecule has 0 bridgehead atoms. The molecule has 1 saturated carbocycles. The van der Waals surface area contributed by atoms with E-state index in [-0.39, 0.29) is 30.3 Å². The summed E-state index contributed by atoms with van der Waals surface area (Å²) in [6, 6.07) is 10.2. The zero-order valence-electron chi connectivity index (χ0n) is 10.8. The lowest BCUT2D eigenvalue weighted by Crippen LogP contribution is -2.41. The Morgan fingerprint density at radius 2 is 1.79 bits per heavy atom. The van der Waals surface area contributed by atoms with E-state index in [2.05, 4.69) is 22.8 Å². The van der Waals surface area contributed by atoms with Gasteiger partial charge in [-0.2, -0.15) is 0 Å². The average molecular weight is 261 g/mol. The van der Waals surface area contributed by atoms with E-state index in [1.807, 2.05) is 18.2 Å². The highest BCUT2D eigenvalue weighted by Crippen LogP contribution is 2.47. The smallest absolute Gasteiger partial charge is 0.239 e. The molecule has 0 unspecified atom stereocenters. The highest BCUT2D eigenvalue weighted by molar-refractivity contribution is 5.85. The minimum Gasteiger partial charge on any atom is -0.354 e. The zero-order chi connectivity index (χ0) is 13.7. The van der Waals surface area contributed by atoms with Crippen LogP contribution in [0.25, 0.3) is 0 Å². The van der Waals surface area contributed by atoms with Gasteiger partial charge in [-0.1, -0.05) is 30.3 Å². The molecule has 0 saturated heterocycles. The molecule has 0 aromatic heterocycles. The molecule has 1 aromatic rings. The first-order valence-electron chi connectivity index (χ1n) is 6.45. The molecule has 2 amide bonds. The number of hydrogen-bond acceptors (Lipinski definition) is 3. The Hall–Kier alpha value is -1.88. The number of nitrogens with one attached hydrogen (secondary N) is 2. The Labute approximate surface area is 112 Å². The number of carbonyl (C=O) groups is 2. The van der Waals surface area contributed by atoms with E-state index in [1.54, 1.807) is 0 Å². The van der Waals surface area contributed by atoms with Crippen molar-refractivity contribution in [2.45, 2.75) is 18.3 Å². The molecule has 4 N–H and O–H groups in total. The molecule has 2 rings (SSSR count). The van der Waals surface area contributed by atoms with Crippen molar-refractivity contribution >= 4 is 11.8 Å². The summed E-state index contributed by atoms with van der Waals surface area (Å²) < 4.78 is 0. The van der Waals surface area contributed by atoms with Crippen molar-refractivity contribution < 1.29 is 9.59 Å². The third kappa shape index (κ3) is 3.54. The number of nitrogens with two attached hydrogens (primary N) is 1. The van der Waals surface area contributed by atoms with Crippen LogP contribution in [0.2, 0.25) is 0 Å². The van der Waals surface area contributed by atoms with Gasteiger partial charge in [-0.3, -0.25) is 9.59 Å². The van der Waals surface area contributed by atoms with E-state index in [9.17, 15) is 9.59 Å². The molecule has 0 aliphatic heterocycles. The van der Waals surface area contributed by atoms with Gasteiger partial charge in [0.25, 0.3) is 0 Å². The van der Waals surface area contributed by atoms with Crippen LogP contribution < -0.4 is 16.4 Å². The van der Waals surface area contributed by atoms with Crippen LogP contribution in [0.5, 0.6) is 0 Å². The number of benzene rings is 1. The fraction of sp³-hybridized carbons (Fsp3) is 0.429. The molecular weight excluding hydrogens is 242 g/mol. The fourth-order valence-electron chi connectivity index (χ4n) is 2.09. The van der Waals surface area contributed by atoms with Crippen LogP contribution in [0.4, 0.5) is 0 Å². The summed E-state index contributed by atoms with van der Waals surface area (Å²) >= 11 is 0. The first-order valence-corrected chi connectivity index (χ1v) is 6.45. The molecule has 1 fully saturated rings. The number of rotatable bonds is 6. The number of carbonyl (C=O) groups excluding carboxylic acids is 2. The lowest BCUT2D eigenvalue weighted by Gasteiger charge is -2.16. The summed E-state index contributed by atoms with van der Waals surface area (Å²) in [5, 5.41) is 5.32. The zero-order valence-corrected chi connectivity index (χ0v) is 10.8. The maximum absolute atomic E-state index is 11.6. The molecule has 0 spiro atoms. The van der Waals surface area contributed by atoms with Crippen molar-refractivity contribution in [1.82, 2.24) is 10.6 Å². The van der Waals surface area contributed by atoms with Crippen molar-refractivity contribution in [3.05, 3.63) is 35.9 Å². The van der Waals surface area contributed by atoms with E-state index in [4.69, 9.17) is 5.73 Å². The highest BCUT2D eigenvalue weighted by atomic mass is 16.2. The molecule has 1 aliphatic rings. The fourth-order valence-corrected chi connectivity index (χ4v) is 2.09. The monoisotopic (exact) mass is 261 g/mol. The van der Waals surface area contributed by atoms with Crippen molar-refractivity contribution in [3.8, 4) is 0 Å². The summed E-state index contributed by atoms with van der Waals surface area (Å²) in [5.74, 6) is -0.497. The highest BCUT2D eigenvalue weighted by Gasteiger charge is 2.44. The molecule has 1 aromatic carbocycles. The first-order chi connectivity index (χ1) is 9.16. The standard InChI is InChI=1S/C14H19N3O2/c15-8-12(18)16-9-13(19)17-10-14(6-7-14)11-4-2-1-3-5-11/h1-5H,6-10,15H2,(H,16,18)(H,17,19). The molecule has 5 nitrogen and oxygen atoms in total. The minimum absolute atomic E-state index is 0.0130. The van der Waals surface area contributed by atoms with Crippen LogP contribution in [-0.4, -0.2) is 31.4 Å². The number of hydrogen-bond donors (Lipinski definition) is 3. The molecule has 0 radical (unpaired) electrons. The third-order valence-corrected chi connectivity index (χ3v) is 3.50. The van der Waals surface area contributed by atoms with Gasteiger partial charge in [0.2, 0.25) is 11.8 Å². The van der Waals surface area contributed by atoms with Crippen LogP contribution in [-0.2, 0) is 15.0 Å². The van der Waals surface area contributed by atoms with Gasteiger partial charge in [-0.15, -0.1) is 0 Å². The van der Waals surface area contributed by atoms with Gasteiger partial charge in [-0.05, 0) is 18.4 Å². The Balaban J connectivity index is 1.79.